The number of nitro benzene ring substituents is 2. The summed E-state index contributed by atoms with van der Waals surface area (Å²) in [6.45, 7) is 0. The van der Waals surface area contributed by atoms with E-state index in [2.05, 4.69) is 17.9 Å². The second-order valence-electron chi connectivity index (χ2n) is 5.87. The molecule has 0 amide bonds. The van der Waals surface area contributed by atoms with E-state index in [-0.39, 0.29) is 16.2 Å². The molecule has 1 aromatic heterocycles. The van der Waals surface area contributed by atoms with Crippen molar-refractivity contribution in [1.29, 1.82) is 5.26 Å². The molecule has 0 spiro atoms. The molecule has 3 rings (SSSR count). The zero-order valence-corrected chi connectivity index (χ0v) is 15.8. The van der Waals surface area contributed by atoms with Gasteiger partial charge in [0.1, 0.15) is 0 Å². The first-order chi connectivity index (χ1) is 13.3. The van der Waals surface area contributed by atoms with E-state index in [1.807, 2.05) is 6.07 Å². The number of benzene rings is 1. The Morgan fingerprint density at radius 2 is 1.86 bits per heavy atom. The average Bonchev–Trinajstić information content (AvgIpc) is 2.67. The average molecular weight is 414 g/mol. The van der Waals surface area contributed by atoms with Crippen molar-refractivity contribution in [3.05, 3.63) is 85.2 Å². The van der Waals surface area contributed by atoms with Crippen LogP contribution in [0.25, 0.3) is 0 Å². The van der Waals surface area contributed by atoms with Crippen molar-refractivity contribution in [2.45, 2.75) is 12.0 Å². The number of nitrogens with zero attached hydrogens (tertiary/aromatic N) is 4. The number of thiol groups is 1. The van der Waals surface area contributed by atoms with Crippen LogP contribution in [0.15, 0.2) is 59.4 Å². The quantitative estimate of drug-likeness (QED) is 0.259. The van der Waals surface area contributed by atoms with E-state index in [1.165, 1.54) is 12.1 Å². The highest BCUT2D eigenvalue weighted by Gasteiger charge is 2.45. The fourth-order valence-electron chi connectivity index (χ4n) is 3.13. The lowest BCUT2D eigenvalue weighted by Crippen LogP contribution is -2.52. The summed E-state index contributed by atoms with van der Waals surface area (Å²) in [5.74, 6) is -0.847. The number of non-ortho nitro benzene ring substituents is 1. The molecule has 9 nitrogen and oxygen atoms in total. The number of allylic oxidation sites excluding steroid dienone is 1. The van der Waals surface area contributed by atoms with Gasteiger partial charge in [0.25, 0.3) is 11.4 Å². The summed E-state index contributed by atoms with van der Waals surface area (Å²) in [5.41, 5.74) is -0.581. The van der Waals surface area contributed by atoms with E-state index in [9.17, 15) is 25.5 Å². The number of aromatic nitrogens is 1. The highest BCUT2D eigenvalue weighted by Crippen LogP contribution is 2.42. The van der Waals surface area contributed by atoms with Crippen LogP contribution in [0.3, 0.4) is 0 Å². The topological polar surface area (TPSA) is 126 Å². The molecule has 0 unspecified atom stereocenters. The van der Waals surface area contributed by atoms with Crippen LogP contribution in [0.2, 0.25) is 0 Å². The Bertz CT molecular complexity index is 1060. The zero-order valence-electron chi connectivity index (χ0n) is 14.1. The molecule has 0 saturated carbocycles. The molecule has 11 heteroatoms. The van der Waals surface area contributed by atoms with Gasteiger partial charge in [-0.25, -0.2) is 0 Å². The maximum Gasteiger partial charge on any atom is 0.280 e. The van der Waals surface area contributed by atoms with Crippen LogP contribution in [0.4, 0.5) is 11.4 Å². The maximum absolute atomic E-state index is 11.7. The minimum atomic E-state index is -0.847. The number of nitriles is 1. The smallest absolute Gasteiger partial charge is 0.280 e. The van der Waals surface area contributed by atoms with E-state index in [1.54, 1.807) is 35.2 Å². The van der Waals surface area contributed by atoms with Crippen LogP contribution in [0.5, 0.6) is 0 Å². The Morgan fingerprint density at radius 3 is 2.43 bits per heavy atom. The molecule has 1 aromatic carbocycles. The summed E-state index contributed by atoms with van der Waals surface area (Å²) < 4.78 is 1.72. The third-order valence-corrected chi connectivity index (χ3v) is 5.03. The van der Waals surface area contributed by atoms with Gasteiger partial charge < -0.3 is 5.32 Å². The molecule has 1 aliphatic heterocycles. The van der Waals surface area contributed by atoms with Crippen LogP contribution in [-0.2, 0) is 0 Å². The molecular weight excluding hydrogens is 402 g/mol. The monoisotopic (exact) mass is 414 g/mol. The molecule has 2 heterocycles. The van der Waals surface area contributed by atoms with Crippen molar-refractivity contribution in [2.75, 3.05) is 0 Å². The molecule has 0 aliphatic carbocycles. The van der Waals surface area contributed by atoms with Gasteiger partial charge in [-0.15, -0.1) is 12.6 Å². The Kier molecular flexibility index (Phi) is 5.34. The van der Waals surface area contributed by atoms with Crippen LogP contribution >= 0.6 is 24.8 Å². The van der Waals surface area contributed by atoms with Crippen molar-refractivity contribution in [1.82, 2.24) is 5.32 Å². The van der Waals surface area contributed by atoms with Gasteiger partial charge in [-0.3, -0.25) is 20.2 Å². The van der Waals surface area contributed by atoms with Crippen LogP contribution in [0.1, 0.15) is 17.5 Å². The first kappa shape index (κ1) is 19.4. The molecule has 1 aliphatic rings. The molecule has 28 heavy (non-hydrogen) atoms. The SMILES string of the molecule is N#CC1=C(S)NC(=S)[C@H]([n+]2ccccc2)[C@@H]1c1ccc([N+](=O)[O-])cc1[N+](=O)[O-]. The summed E-state index contributed by atoms with van der Waals surface area (Å²) in [5, 5.41) is 35.4. The largest absolute Gasteiger partial charge is 0.339 e. The summed E-state index contributed by atoms with van der Waals surface area (Å²) >= 11 is 9.71. The molecule has 0 bridgehead atoms. The molecule has 2 atom stereocenters. The first-order valence-corrected chi connectivity index (χ1v) is 8.73. The number of nitro groups is 2. The molecule has 2 aromatic rings. The van der Waals surface area contributed by atoms with Gasteiger partial charge in [-0.2, -0.15) is 9.83 Å². The molecule has 140 valence electrons. The van der Waals surface area contributed by atoms with Gasteiger partial charge in [-0.05, 0) is 6.07 Å². The molecule has 0 radical (unpaired) electrons. The molecule has 0 fully saturated rings. The summed E-state index contributed by atoms with van der Waals surface area (Å²) in [6, 6.07) is 10.1. The highest BCUT2D eigenvalue weighted by atomic mass is 32.1. The van der Waals surface area contributed by atoms with E-state index in [0.717, 1.165) is 6.07 Å². The molecular formula is C17H12N5O4S2+. The predicted molar refractivity (Wildman–Crippen MR) is 106 cm³/mol. The number of thiocarbonyl (C=S) groups is 1. The number of pyridine rings is 1. The standard InChI is InChI=1S/C17H11N5O4S2/c18-9-12-14(11-5-4-10(21(23)24)8-13(11)22(25)26)15(17(28)19-16(12)27)20-6-2-1-3-7-20/h1-8,14-15H,(H-,19,27,28)/p+1/t14-,15-/m1/s1. The van der Waals surface area contributed by atoms with E-state index >= 15 is 0 Å². The number of hydrogen-bond acceptors (Lipinski definition) is 7. The number of nitrogens with one attached hydrogen (secondary N) is 1. The fraction of sp³-hybridized carbons (Fsp3) is 0.118. The predicted octanol–water partition coefficient (Wildman–Crippen LogP) is 2.71. The normalized spacial score (nSPS) is 18.9. The van der Waals surface area contributed by atoms with Gasteiger partial charge in [0, 0.05) is 23.8 Å². The summed E-state index contributed by atoms with van der Waals surface area (Å²) in [7, 11) is 0. The lowest BCUT2D eigenvalue weighted by molar-refractivity contribution is -0.708. The van der Waals surface area contributed by atoms with Crippen molar-refractivity contribution >= 4 is 41.2 Å². The van der Waals surface area contributed by atoms with Crippen LogP contribution < -0.4 is 9.88 Å². The number of hydrogen-bond donors (Lipinski definition) is 2. The maximum atomic E-state index is 11.7. The third kappa shape index (κ3) is 3.42. The van der Waals surface area contributed by atoms with Crippen molar-refractivity contribution in [3.8, 4) is 6.07 Å². The third-order valence-electron chi connectivity index (χ3n) is 4.33. The number of rotatable bonds is 4. The Labute approximate surface area is 169 Å². The van der Waals surface area contributed by atoms with Crippen molar-refractivity contribution < 1.29 is 14.4 Å². The zero-order chi connectivity index (χ0) is 20.4. The van der Waals surface area contributed by atoms with Crippen LogP contribution in [-0.4, -0.2) is 14.8 Å². The Morgan fingerprint density at radius 1 is 1.18 bits per heavy atom. The van der Waals surface area contributed by atoms with Crippen LogP contribution in [0, 0.1) is 31.6 Å². The van der Waals surface area contributed by atoms with Gasteiger partial charge in [0.05, 0.1) is 38.5 Å². The van der Waals surface area contributed by atoms with Crippen molar-refractivity contribution in [3.63, 3.8) is 0 Å². The van der Waals surface area contributed by atoms with Gasteiger partial charge in [-0.1, -0.05) is 18.3 Å². The minimum absolute atomic E-state index is 0.143. The Balaban J connectivity index is 2.29. The second kappa shape index (κ2) is 7.71. The van der Waals surface area contributed by atoms with E-state index < -0.39 is 33.2 Å². The first-order valence-electron chi connectivity index (χ1n) is 7.87. The van der Waals surface area contributed by atoms with Crippen molar-refractivity contribution in [2.24, 2.45) is 0 Å². The highest BCUT2D eigenvalue weighted by molar-refractivity contribution is 7.85. The Hall–Kier alpha value is -3.36. The molecule has 0 saturated heterocycles. The summed E-state index contributed by atoms with van der Waals surface area (Å²) in [4.78, 5) is 21.6. The molecule has 1 N–H and O–H groups in total. The second-order valence-corrected chi connectivity index (χ2v) is 6.75. The van der Waals surface area contributed by atoms with Gasteiger partial charge >= 0.3 is 0 Å². The lowest BCUT2D eigenvalue weighted by Gasteiger charge is -2.29. The fourth-order valence-corrected chi connectivity index (χ4v) is 3.88. The summed E-state index contributed by atoms with van der Waals surface area (Å²) in [6.07, 6.45) is 3.45. The van der Waals surface area contributed by atoms with Gasteiger partial charge in [0.2, 0.25) is 6.04 Å². The lowest BCUT2D eigenvalue weighted by atomic mass is 9.82. The van der Waals surface area contributed by atoms with E-state index in [4.69, 9.17) is 12.2 Å². The minimum Gasteiger partial charge on any atom is -0.339 e. The van der Waals surface area contributed by atoms with Gasteiger partial charge in [0.15, 0.2) is 17.4 Å². The van der Waals surface area contributed by atoms with E-state index in [0.29, 0.717) is 4.99 Å².